The standard InChI is InChI=1S/C34H44N6O8S/c1-5-23-16-34(23,31(43)37-49(46,47)25-12-13-25)36-29(41)27-15-24-18-40(27)30(42)28(20(2)3)35-32(44)38(4)14-7-6-9-21-10-8-11-22-17-39(19-26(21)22)33(45)48-24/h5-6,8-11,20,23-25,27-28H,1,7,12-19H2,2-4H3,(H,35,44)(H,36,41)(H,37,43)/b9-6+/t23-,24+,27-,28-,34+/m0/s1. The van der Waals surface area contributed by atoms with Crippen LogP contribution in [-0.2, 0) is 42.2 Å². The molecule has 1 aromatic rings. The molecule has 15 heteroatoms. The molecular formula is C34H44N6O8S. The van der Waals surface area contributed by atoms with Crippen molar-refractivity contribution < 1.29 is 37.1 Å². The number of nitrogens with zero attached hydrogens (tertiary/aromatic N) is 3. The first-order valence-electron chi connectivity index (χ1n) is 16.8. The maximum Gasteiger partial charge on any atom is 0.410 e. The number of ether oxygens (including phenoxy) is 1. The van der Waals surface area contributed by atoms with Crippen molar-refractivity contribution in [2.45, 2.75) is 88.0 Å². The fraction of sp³-hybridized carbons (Fsp3) is 0.559. The van der Waals surface area contributed by atoms with Crippen LogP contribution in [0.2, 0.25) is 0 Å². The molecule has 264 valence electrons. The van der Waals surface area contributed by atoms with E-state index >= 15 is 0 Å². The minimum absolute atomic E-state index is 0.0619. The molecule has 1 aromatic carbocycles. The Balaban J connectivity index is 1.28. The van der Waals surface area contributed by atoms with Gasteiger partial charge in [0.2, 0.25) is 21.8 Å². The maximum atomic E-state index is 14.2. The summed E-state index contributed by atoms with van der Waals surface area (Å²) in [7, 11) is -2.25. The first-order valence-corrected chi connectivity index (χ1v) is 18.3. The topological polar surface area (TPSA) is 175 Å². The number of hydrogen-bond donors (Lipinski definition) is 3. The Kier molecular flexibility index (Phi) is 9.24. The molecular weight excluding hydrogens is 652 g/mol. The molecule has 3 fully saturated rings. The van der Waals surface area contributed by atoms with E-state index in [1.807, 2.05) is 30.4 Å². The van der Waals surface area contributed by atoms with Gasteiger partial charge in [-0.05, 0) is 48.3 Å². The number of hydrogen-bond acceptors (Lipinski definition) is 8. The van der Waals surface area contributed by atoms with E-state index in [0.717, 1.165) is 16.7 Å². The van der Waals surface area contributed by atoms with Crippen LogP contribution >= 0.6 is 0 Å². The smallest absolute Gasteiger partial charge is 0.410 e. The van der Waals surface area contributed by atoms with Gasteiger partial charge < -0.3 is 25.2 Å². The van der Waals surface area contributed by atoms with E-state index in [1.165, 1.54) is 15.9 Å². The van der Waals surface area contributed by atoms with Crippen molar-refractivity contribution in [3.05, 3.63) is 53.6 Å². The third-order valence-electron chi connectivity index (χ3n) is 10.1. The van der Waals surface area contributed by atoms with E-state index in [4.69, 9.17) is 4.74 Å². The lowest BCUT2D eigenvalue weighted by Gasteiger charge is -2.32. The van der Waals surface area contributed by atoms with E-state index < -0.39 is 74.8 Å². The summed E-state index contributed by atoms with van der Waals surface area (Å²) >= 11 is 0. The number of urea groups is 1. The minimum Gasteiger partial charge on any atom is -0.444 e. The summed E-state index contributed by atoms with van der Waals surface area (Å²) in [6.07, 6.45) is 5.52. The van der Waals surface area contributed by atoms with Gasteiger partial charge in [-0.3, -0.25) is 24.0 Å². The van der Waals surface area contributed by atoms with Crippen molar-refractivity contribution in [2.24, 2.45) is 11.8 Å². The van der Waals surface area contributed by atoms with Crippen molar-refractivity contribution in [1.82, 2.24) is 30.1 Å². The van der Waals surface area contributed by atoms with Gasteiger partial charge in [0.25, 0.3) is 5.91 Å². The largest absolute Gasteiger partial charge is 0.444 e. The lowest BCUT2D eigenvalue weighted by molar-refractivity contribution is -0.141. The average Bonchev–Trinajstić information content (AvgIpc) is 3.95. The predicted molar refractivity (Wildman–Crippen MR) is 179 cm³/mol. The molecule has 5 aliphatic rings. The Morgan fingerprint density at radius 2 is 1.92 bits per heavy atom. The first kappa shape index (κ1) is 34.5. The third kappa shape index (κ3) is 6.90. The van der Waals surface area contributed by atoms with E-state index in [0.29, 0.717) is 38.9 Å². The van der Waals surface area contributed by atoms with Crippen LogP contribution in [0.5, 0.6) is 0 Å². The number of carbonyl (C=O) groups is 5. The van der Waals surface area contributed by atoms with Gasteiger partial charge in [-0.1, -0.05) is 50.3 Å². The Labute approximate surface area is 286 Å². The monoisotopic (exact) mass is 696 g/mol. The first-order chi connectivity index (χ1) is 23.2. The molecule has 0 unspecified atom stereocenters. The molecule has 2 saturated carbocycles. The summed E-state index contributed by atoms with van der Waals surface area (Å²) in [5, 5.41) is 4.92. The van der Waals surface area contributed by atoms with E-state index in [2.05, 4.69) is 21.9 Å². The second-order valence-corrected chi connectivity index (χ2v) is 16.0. The fourth-order valence-electron chi connectivity index (χ4n) is 6.86. The Morgan fingerprint density at radius 3 is 2.59 bits per heavy atom. The van der Waals surface area contributed by atoms with Gasteiger partial charge in [-0.15, -0.1) is 6.58 Å². The summed E-state index contributed by atoms with van der Waals surface area (Å²) in [6, 6.07) is 3.21. The van der Waals surface area contributed by atoms with Crippen LogP contribution in [0.1, 0.15) is 62.6 Å². The Hall–Kier alpha value is -4.40. The minimum atomic E-state index is -3.89. The van der Waals surface area contributed by atoms with Crippen LogP contribution in [0.15, 0.2) is 36.9 Å². The quantitative estimate of drug-likeness (QED) is 0.362. The van der Waals surface area contributed by atoms with Gasteiger partial charge in [-0.2, -0.15) is 0 Å². The highest BCUT2D eigenvalue weighted by atomic mass is 32.2. The summed E-state index contributed by atoms with van der Waals surface area (Å²) in [4.78, 5) is 72.7. The van der Waals surface area contributed by atoms with Gasteiger partial charge in [0.1, 0.15) is 23.7 Å². The zero-order chi connectivity index (χ0) is 35.2. The molecule has 0 radical (unpaired) electrons. The molecule has 0 aromatic heterocycles. The second-order valence-electron chi connectivity index (χ2n) is 14.1. The second kappa shape index (κ2) is 13.1. The van der Waals surface area contributed by atoms with Crippen molar-refractivity contribution in [3.8, 4) is 0 Å². The zero-order valence-electron chi connectivity index (χ0n) is 28.0. The summed E-state index contributed by atoms with van der Waals surface area (Å²) < 4.78 is 33.3. The van der Waals surface area contributed by atoms with Crippen LogP contribution < -0.4 is 15.4 Å². The van der Waals surface area contributed by atoms with E-state index in [9.17, 15) is 32.4 Å². The van der Waals surface area contributed by atoms with Crippen molar-refractivity contribution in [3.63, 3.8) is 0 Å². The Morgan fingerprint density at radius 1 is 1.16 bits per heavy atom. The highest BCUT2D eigenvalue weighted by molar-refractivity contribution is 7.91. The van der Waals surface area contributed by atoms with Gasteiger partial charge in [0, 0.05) is 32.5 Å². The van der Waals surface area contributed by atoms with Crippen LogP contribution in [0, 0.1) is 11.8 Å². The highest BCUT2D eigenvalue weighted by Crippen LogP contribution is 2.45. The average molecular weight is 697 g/mol. The molecule has 3 heterocycles. The van der Waals surface area contributed by atoms with Gasteiger partial charge in [0.15, 0.2) is 0 Å². The van der Waals surface area contributed by atoms with Gasteiger partial charge in [0.05, 0.1) is 18.3 Å². The van der Waals surface area contributed by atoms with E-state index in [-0.39, 0.29) is 25.3 Å². The molecule has 6 rings (SSSR count). The number of nitrogens with one attached hydrogen (secondary N) is 3. The molecule has 0 spiro atoms. The SMILES string of the molecule is C=C[C@H]1C[C@]1(NC(=O)[C@@H]1C[C@@H]2CN1C(=O)[C@H](C(C)C)NC(=O)N(C)CC/C=C/c1cccc3c1CN(C3)C(=O)O2)C(=O)NS(=O)(=O)C1CC1. The molecule has 49 heavy (non-hydrogen) atoms. The normalized spacial score (nSPS) is 29.5. The van der Waals surface area contributed by atoms with Gasteiger partial charge >= 0.3 is 12.1 Å². The van der Waals surface area contributed by atoms with E-state index in [1.54, 1.807) is 25.8 Å². The molecule has 4 bridgehead atoms. The molecule has 6 amide bonds. The maximum absolute atomic E-state index is 14.2. The molecule has 2 aliphatic carbocycles. The van der Waals surface area contributed by atoms with Gasteiger partial charge in [-0.25, -0.2) is 18.0 Å². The number of sulfonamides is 1. The van der Waals surface area contributed by atoms with Crippen LogP contribution in [0.4, 0.5) is 9.59 Å². The highest BCUT2D eigenvalue weighted by Gasteiger charge is 2.62. The lowest BCUT2D eigenvalue weighted by Crippen LogP contribution is -2.59. The van der Waals surface area contributed by atoms with Crippen LogP contribution in [-0.4, -0.2) is 102 Å². The number of benzene rings is 1. The van der Waals surface area contributed by atoms with Crippen LogP contribution in [0.3, 0.4) is 0 Å². The summed E-state index contributed by atoms with van der Waals surface area (Å²) in [6.45, 7) is 8.23. The summed E-state index contributed by atoms with van der Waals surface area (Å²) in [5.74, 6) is -2.99. The van der Waals surface area contributed by atoms with Crippen molar-refractivity contribution in [1.29, 1.82) is 0 Å². The third-order valence-corrected chi connectivity index (χ3v) is 11.9. The van der Waals surface area contributed by atoms with Crippen molar-refractivity contribution >= 4 is 45.9 Å². The van der Waals surface area contributed by atoms with Crippen molar-refractivity contribution in [2.75, 3.05) is 20.1 Å². The lowest BCUT2D eigenvalue weighted by atomic mass is 10.0. The zero-order valence-corrected chi connectivity index (χ0v) is 28.8. The molecule has 1 saturated heterocycles. The Bertz CT molecular complexity index is 1710. The number of amides is 6. The number of rotatable bonds is 7. The fourth-order valence-corrected chi connectivity index (χ4v) is 8.22. The number of carbonyl (C=O) groups excluding carboxylic acids is 5. The molecule has 3 N–H and O–H groups in total. The predicted octanol–water partition coefficient (Wildman–Crippen LogP) is 1.86. The summed E-state index contributed by atoms with van der Waals surface area (Å²) in [5.41, 5.74) is 1.40. The molecule has 3 aliphatic heterocycles. The number of fused-ring (bicyclic) bond motifs is 3. The van der Waals surface area contributed by atoms with Crippen LogP contribution in [0.25, 0.3) is 6.08 Å². The molecule has 5 atom stereocenters. The molecule has 14 nitrogen and oxygen atoms in total.